The van der Waals surface area contributed by atoms with E-state index in [1.165, 1.54) is 11.5 Å². The predicted molar refractivity (Wildman–Crippen MR) is 84.1 cm³/mol. The number of hydrogen-bond donors (Lipinski definition) is 1. The molecular formula is C17H14N2O3. The first-order chi connectivity index (χ1) is 10.6. The second-order valence-corrected chi connectivity index (χ2v) is 4.80. The van der Waals surface area contributed by atoms with Gasteiger partial charge in [0.15, 0.2) is 0 Å². The van der Waals surface area contributed by atoms with Crippen LogP contribution in [-0.4, -0.2) is 16.6 Å². The maximum atomic E-state index is 12.3. The van der Waals surface area contributed by atoms with E-state index in [0.29, 0.717) is 5.75 Å². The molecule has 0 radical (unpaired) electrons. The molecule has 1 N–H and O–H groups in total. The molecule has 0 fully saturated rings. The van der Waals surface area contributed by atoms with Crippen LogP contribution in [-0.2, 0) is 4.79 Å². The molecule has 3 aromatic rings. The Balaban J connectivity index is 1.88. The van der Waals surface area contributed by atoms with Gasteiger partial charge in [-0.15, -0.1) is 0 Å². The third kappa shape index (κ3) is 2.83. The molecule has 110 valence electrons. The van der Waals surface area contributed by atoms with Crippen molar-refractivity contribution in [1.29, 1.82) is 0 Å². The molecule has 0 aliphatic heterocycles. The van der Waals surface area contributed by atoms with E-state index in [1.807, 2.05) is 30.3 Å². The number of anilines is 1. The minimum absolute atomic E-state index is 0.249. The molecule has 1 aromatic heterocycles. The molecule has 1 heterocycles. The zero-order valence-corrected chi connectivity index (χ0v) is 11.9. The van der Waals surface area contributed by atoms with Gasteiger partial charge in [-0.3, -0.25) is 9.36 Å². The molecule has 0 atom stereocenters. The largest absolute Gasteiger partial charge is 0.427 e. The van der Waals surface area contributed by atoms with Gasteiger partial charge in [-0.2, -0.15) is 0 Å². The summed E-state index contributed by atoms with van der Waals surface area (Å²) < 4.78 is 6.55. The highest BCUT2D eigenvalue weighted by Crippen LogP contribution is 2.22. The van der Waals surface area contributed by atoms with Crippen molar-refractivity contribution in [1.82, 2.24) is 4.57 Å². The number of rotatable bonds is 2. The zero-order valence-electron chi connectivity index (χ0n) is 11.9. The van der Waals surface area contributed by atoms with Crippen molar-refractivity contribution in [2.24, 2.45) is 0 Å². The highest BCUT2D eigenvalue weighted by molar-refractivity contribution is 5.98. The normalized spacial score (nSPS) is 10.4. The van der Waals surface area contributed by atoms with Gasteiger partial charge < -0.3 is 10.1 Å². The lowest BCUT2D eigenvalue weighted by molar-refractivity contribution is -0.131. The number of amides is 1. The van der Waals surface area contributed by atoms with Gasteiger partial charge in [0.1, 0.15) is 5.75 Å². The van der Waals surface area contributed by atoms with E-state index in [9.17, 15) is 9.59 Å². The summed E-state index contributed by atoms with van der Waals surface area (Å²) in [7, 11) is 0. The Morgan fingerprint density at radius 2 is 1.82 bits per heavy atom. The molecule has 0 bridgehead atoms. The summed E-state index contributed by atoms with van der Waals surface area (Å²) >= 11 is 0. The number of carbonyl (C=O) groups is 2. The number of hydrogen-bond acceptors (Lipinski definition) is 3. The second-order valence-electron chi connectivity index (χ2n) is 4.80. The highest BCUT2D eigenvalue weighted by atomic mass is 16.5. The average Bonchev–Trinajstić information content (AvgIpc) is 2.91. The lowest BCUT2D eigenvalue weighted by atomic mass is 10.2. The zero-order chi connectivity index (χ0) is 15.5. The SMILES string of the molecule is CC(=O)Oc1ccc2c(ccn2C(=O)Nc2ccccc2)c1. The Hall–Kier alpha value is -3.08. The van der Waals surface area contributed by atoms with Gasteiger partial charge >= 0.3 is 12.0 Å². The van der Waals surface area contributed by atoms with Crippen LogP contribution in [0, 0.1) is 0 Å². The van der Waals surface area contributed by atoms with Crippen LogP contribution in [0.3, 0.4) is 0 Å². The molecule has 0 aliphatic rings. The van der Waals surface area contributed by atoms with E-state index in [-0.39, 0.29) is 12.0 Å². The average molecular weight is 294 g/mol. The van der Waals surface area contributed by atoms with Crippen molar-refractivity contribution in [2.75, 3.05) is 5.32 Å². The topological polar surface area (TPSA) is 60.3 Å². The van der Waals surface area contributed by atoms with Crippen molar-refractivity contribution in [3.8, 4) is 5.75 Å². The number of aromatic nitrogens is 1. The van der Waals surface area contributed by atoms with E-state index < -0.39 is 0 Å². The summed E-state index contributed by atoms with van der Waals surface area (Å²) in [5, 5.41) is 3.64. The number of esters is 1. The van der Waals surface area contributed by atoms with Gasteiger partial charge in [0.25, 0.3) is 0 Å². The first-order valence-electron chi connectivity index (χ1n) is 6.79. The van der Waals surface area contributed by atoms with Crippen LogP contribution < -0.4 is 10.1 Å². The molecular weight excluding hydrogens is 280 g/mol. The number of para-hydroxylation sites is 1. The van der Waals surface area contributed by atoms with E-state index in [2.05, 4.69) is 5.32 Å². The van der Waals surface area contributed by atoms with Crippen LogP contribution in [0.2, 0.25) is 0 Å². The first kappa shape index (κ1) is 13.9. The predicted octanol–water partition coefficient (Wildman–Crippen LogP) is 3.65. The maximum absolute atomic E-state index is 12.3. The van der Waals surface area contributed by atoms with Gasteiger partial charge in [0.05, 0.1) is 5.52 Å². The van der Waals surface area contributed by atoms with Crippen molar-refractivity contribution in [3.05, 3.63) is 60.8 Å². The molecule has 0 aliphatic carbocycles. The molecule has 2 aromatic carbocycles. The van der Waals surface area contributed by atoms with Crippen LogP contribution in [0.4, 0.5) is 10.5 Å². The lowest BCUT2D eigenvalue weighted by Crippen LogP contribution is -2.18. The maximum Gasteiger partial charge on any atom is 0.330 e. The number of ether oxygens (including phenoxy) is 1. The Kier molecular flexibility index (Phi) is 3.62. The minimum atomic E-state index is -0.374. The molecule has 5 heteroatoms. The fourth-order valence-corrected chi connectivity index (χ4v) is 2.23. The van der Waals surface area contributed by atoms with Crippen LogP contribution in [0.1, 0.15) is 6.92 Å². The number of carbonyl (C=O) groups excluding carboxylic acids is 2. The molecule has 5 nitrogen and oxygen atoms in total. The third-order valence-corrected chi connectivity index (χ3v) is 3.17. The third-order valence-electron chi connectivity index (χ3n) is 3.17. The van der Waals surface area contributed by atoms with E-state index >= 15 is 0 Å². The highest BCUT2D eigenvalue weighted by Gasteiger charge is 2.10. The molecule has 0 saturated carbocycles. The second kappa shape index (κ2) is 5.73. The van der Waals surface area contributed by atoms with Crippen molar-refractivity contribution < 1.29 is 14.3 Å². The van der Waals surface area contributed by atoms with Crippen molar-refractivity contribution >= 4 is 28.6 Å². The van der Waals surface area contributed by atoms with Gasteiger partial charge in [-0.25, -0.2) is 4.79 Å². The van der Waals surface area contributed by atoms with E-state index in [4.69, 9.17) is 4.74 Å². The minimum Gasteiger partial charge on any atom is -0.427 e. The van der Waals surface area contributed by atoms with Crippen molar-refractivity contribution in [3.63, 3.8) is 0 Å². The smallest absolute Gasteiger partial charge is 0.330 e. The Labute approximate surface area is 127 Å². The monoisotopic (exact) mass is 294 g/mol. The fourth-order valence-electron chi connectivity index (χ4n) is 2.23. The quantitative estimate of drug-likeness (QED) is 0.579. The number of nitrogens with zero attached hydrogens (tertiary/aromatic N) is 1. The Bertz CT molecular complexity index is 837. The molecule has 3 rings (SSSR count). The fraction of sp³-hybridized carbons (Fsp3) is 0.0588. The molecule has 0 unspecified atom stereocenters. The van der Waals surface area contributed by atoms with E-state index in [0.717, 1.165) is 16.6 Å². The summed E-state index contributed by atoms with van der Waals surface area (Å²) in [5.74, 6) is 0.0850. The number of benzene rings is 2. The van der Waals surface area contributed by atoms with Gasteiger partial charge in [-0.1, -0.05) is 18.2 Å². The van der Waals surface area contributed by atoms with Crippen LogP contribution in [0.25, 0.3) is 10.9 Å². The summed E-state index contributed by atoms with van der Waals surface area (Å²) in [6.07, 6.45) is 1.68. The van der Waals surface area contributed by atoms with E-state index in [1.54, 1.807) is 30.5 Å². The standard InChI is InChI=1S/C17H14N2O3/c1-12(20)22-15-7-8-16-13(11-15)9-10-19(16)17(21)18-14-5-3-2-4-6-14/h2-11H,1H3,(H,18,21). The van der Waals surface area contributed by atoms with Crippen LogP contribution in [0.15, 0.2) is 60.8 Å². The van der Waals surface area contributed by atoms with Gasteiger partial charge in [0.2, 0.25) is 0 Å². The Morgan fingerprint density at radius 1 is 1.05 bits per heavy atom. The summed E-state index contributed by atoms with van der Waals surface area (Å²) in [6, 6.07) is 15.9. The summed E-state index contributed by atoms with van der Waals surface area (Å²) in [4.78, 5) is 23.3. The molecule has 1 amide bonds. The van der Waals surface area contributed by atoms with Gasteiger partial charge in [-0.05, 0) is 36.4 Å². The molecule has 0 spiro atoms. The van der Waals surface area contributed by atoms with Crippen LogP contribution >= 0.6 is 0 Å². The summed E-state index contributed by atoms with van der Waals surface area (Å²) in [5.41, 5.74) is 1.47. The Morgan fingerprint density at radius 3 is 2.55 bits per heavy atom. The van der Waals surface area contributed by atoms with Crippen molar-refractivity contribution in [2.45, 2.75) is 6.92 Å². The summed E-state index contributed by atoms with van der Waals surface area (Å²) in [6.45, 7) is 1.35. The number of nitrogens with one attached hydrogen (secondary N) is 1. The van der Waals surface area contributed by atoms with Gasteiger partial charge in [0, 0.05) is 24.2 Å². The first-order valence-corrected chi connectivity index (χ1v) is 6.79. The number of fused-ring (bicyclic) bond motifs is 1. The lowest BCUT2D eigenvalue weighted by Gasteiger charge is -2.07. The van der Waals surface area contributed by atoms with Crippen LogP contribution in [0.5, 0.6) is 5.75 Å². The molecule has 0 saturated heterocycles. The molecule has 22 heavy (non-hydrogen) atoms.